The third kappa shape index (κ3) is 2.62. The van der Waals surface area contributed by atoms with Gasteiger partial charge in [-0.3, -0.25) is 0 Å². The van der Waals surface area contributed by atoms with Crippen LogP contribution < -0.4 is 0 Å². The molecule has 2 aromatic rings. The number of benzene rings is 1. The van der Waals surface area contributed by atoms with Gasteiger partial charge in [0.2, 0.25) is 0 Å². The molecule has 0 bridgehead atoms. The van der Waals surface area contributed by atoms with Crippen LogP contribution in [0.3, 0.4) is 0 Å². The molecule has 0 aliphatic rings. The van der Waals surface area contributed by atoms with E-state index >= 15 is 0 Å². The van der Waals surface area contributed by atoms with E-state index in [1.54, 1.807) is 0 Å². The van der Waals surface area contributed by atoms with E-state index in [-0.39, 0.29) is 21.2 Å². The molecule has 2 nitrogen and oxygen atoms in total. The Labute approximate surface area is 116 Å². The van der Waals surface area contributed by atoms with Crippen molar-refractivity contribution in [1.29, 1.82) is 0 Å². The first-order chi connectivity index (χ1) is 8.82. The Bertz CT molecular complexity index is 629. The van der Waals surface area contributed by atoms with Crippen molar-refractivity contribution in [2.45, 2.75) is 6.18 Å². The molecule has 1 aromatic carbocycles. The first-order valence-electron chi connectivity index (χ1n) is 5.02. The Morgan fingerprint density at radius 1 is 1.05 bits per heavy atom. The second-order valence-electron chi connectivity index (χ2n) is 3.65. The molecular formula is C12H6Cl2F3NO. The molecular weight excluding hydrogens is 302 g/mol. The van der Waals surface area contributed by atoms with Crippen molar-refractivity contribution in [2.24, 2.45) is 0 Å². The largest absolute Gasteiger partial charge is 0.505 e. The third-order valence-electron chi connectivity index (χ3n) is 2.43. The molecule has 100 valence electrons. The quantitative estimate of drug-likeness (QED) is 0.822. The topological polar surface area (TPSA) is 33.1 Å². The third-order valence-corrected chi connectivity index (χ3v) is 3.25. The second kappa shape index (κ2) is 4.90. The molecule has 0 saturated heterocycles. The van der Waals surface area contributed by atoms with E-state index in [0.29, 0.717) is 0 Å². The lowest BCUT2D eigenvalue weighted by Gasteiger charge is -2.12. The summed E-state index contributed by atoms with van der Waals surface area (Å²) < 4.78 is 37.9. The Hall–Kier alpha value is -1.46. The summed E-state index contributed by atoms with van der Waals surface area (Å²) in [6.07, 6.45) is -3.79. The monoisotopic (exact) mass is 307 g/mol. The lowest BCUT2D eigenvalue weighted by molar-refractivity contribution is -0.142. The van der Waals surface area contributed by atoms with Gasteiger partial charge >= 0.3 is 6.18 Å². The molecule has 0 unspecified atom stereocenters. The fraction of sp³-hybridized carbons (Fsp3) is 0.0833. The van der Waals surface area contributed by atoms with Crippen molar-refractivity contribution in [1.82, 2.24) is 4.98 Å². The molecule has 0 atom stereocenters. The van der Waals surface area contributed by atoms with E-state index in [2.05, 4.69) is 4.98 Å². The Balaban J connectivity index is 2.68. The van der Waals surface area contributed by atoms with Gasteiger partial charge in [-0.15, -0.1) is 0 Å². The van der Waals surface area contributed by atoms with Crippen molar-refractivity contribution in [3.63, 3.8) is 0 Å². The standard InChI is InChI=1S/C12H6Cl2F3NO/c13-8-3-1-2-6(9(8)14)7-4-5-18-11(10(7)19)12(15,16)17/h1-5,19H. The highest BCUT2D eigenvalue weighted by Gasteiger charge is 2.37. The van der Waals surface area contributed by atoms with Crippen LogP contribution in [0.15, 0.2) is 30.5 Å². The summed E-state index contributed by atoms with van der Waals surface area (Å²) in [6.45, 7) is 0. The average Bonchev–Trinajstić information content (AvgIpc) is 2.32. The maximum Gasteiger partial charge on any atom is 0.437 e. The number of pyridine rings is 1. The van der Waals surface area contributed by atoms with Crippen LogP contribution in [0.2, 0.25) is 10.0 Å². The minimum absolute atomic E-state index is 0.0683. The zero-order valence-corrected chi connectivity index (χ0v) is 10.7. The van der Waals surface area contributed by atoms with Crippen molar-refractivity contribution in [2.75, 3.05) is 0 Å². The predicted molar refractivity (Wildman–Crippen MR) is 66.4 cm³/mol. The molecule has 0 saturated carbocycles. The number of halogens is 5. The Kier molecular flexibility index (Phi) is 3.60. The predicted octanol–water partition coefficient (Wildman–Crippen LogP) is 4.78. The highest BCUT2D eigenvalue weighted by Crippen LogP contribution is 2.42. The van der Waals surface area contributed by atoms with Gasteiger partial charge in [-0.05, 0) is 12.1 Å². The van der Waals surface area contributed by atoms with E-state index in [0.717, 1.165) is 6.20 Å². The van der Waals surface area contributed by atoms with Crippen molar-refractivity contribution in [3.8, 4) is 16.9 Å². The van der Waals surface area contributed by atoms with Gasteiger partial charge in [-0.1, -0.05) is 35.3 Å². The first kappa shape index (κ1) is 14.0. The van der Waals surface area contributed by atoms with Crippen LogP contribution in [0.25, 0.3) is 11.1 Å². The molecule has 0 aliphatic heterocycles. The normalized spacial score (nSPS) is 11.6. The lowest BCUT2D eigenvalue weighted by Crippen LogP contribution is -2.08. The van der Waals surface area contributed by atoms with Gasteiger partial charge in [-0.2, -0.15) is 13.2 Å². The molecule has 0 spiro atoms. The highest BCUT2D eigenvalue weighted by atomic mass is 35.5. The van der Waals surface area contributed by atoms with E-state index in [4.69, 9.17) is 23.2 Å². The fourth-order valence-electron chi connectivity index (χ4n) is 1.59. The van der Waals surface area contributed by atoms with Crippen LogP contribution in [0.1, 0.15) is 5.69 Å². The zero-order chi connectivity index (χ0) is 14.2. The van der Waals surface area contributed by atoms with Crippen molar-refractivity contribution < 1.29 is 18.3 Å². The number of nitrogens with zero attached hydrogens (tertiary/aromatic N) is 1. The van der Waals surface area contributed by atoms with Gasteiger partial charge in [-0.25, -0.2) is 4.98 Å². The molecule has 0 amide bonds. The highest BCUT2D eigenvalue weighted by molar-refractivity contribution is 6.43. The number of rotatable bonds is 1. The summed E-state index contributed by atoms with van der Waals surface area (Å²) in [7, 11) is 0. The van der Waals surface area contributed by atoms with Gasteiger partial charge in [0.05, 0.1) is 10.0 Å². The maximum atomic E-state index is 12.6. The van der Waals surface area contributed by atoms with Gasteiger partial charge in [0, 0.05) is 17.3 Å². The van der Waals surface area contributed by atoms with Crippen LogP contribution in [0, 0.1) is 0 Å². The van der Waals surface area contributed by atoms with Gasteiger partial charge in [0.25, 0.3) is 0 Å². The Morgan fingerprint density at radius 2 is 1.74 bits per heavy atom. The van der Waals surface area contributed by atoms with Gasteiger partial charge in [0.1, 0.15) is 0 Å². The smallest absolute Gasteiger partial charge is 0.437 e. The Morgan fingerprint density at radius 3 is 2.37 bits per heavy atom. The summed E-state index contributed by atoms with van der Waals surface area (Å²) >= 11 is 11.7. The van der Waals surface area contributed by atoms with E-state index in [1.807, 2.05) is 0 Å². The van der Waals surface area contributed by atoms with Gasteiger partial charge in [0.15, 0.2) is 11.4 Å². The molecule has 1 heterocycles. The van der Waals surface area contributed by atoms with E-state index in [9.17, 15) is 18.3 Å². The molecule has 7 heteroatoms. The number of hydrogen-bond donors (Lipinski definition) is 1. The number of hydrogen-bond acceptors (Lipinski definition) is 2. The summed E-state index contributed by atoms with van der Waals surface area (Å²) in [5, 5.41) is 9.96. The van der Waals surface area contributed by atoms with Crippen LogP contribution in [0.4, 0.5) is 13.2 Å². The van der Waals surface area contributed by atoms with Crippen molar-refractivity contribution >= 4 is 23.2 Å². The second-order valence-corrected chi connectivity index (χ2v) is 4.44. The van der Waals surface area contributed by atoms with Crippen LogP contribution in [0.5, 0.6) is 5.75 Å². The van der Waals surface area contributed by atoms with Crippen LogP contribution in [-0.2, 0) is 6.18 Å². The lowest BCUT2D eigenvalue weighted by atomic mass is 10.0. The number of alkyl halides is 3. The summed E-state index contributed by atoms with van der Waals surface area (Å²) in [4.78, 5) is 3.14. The van der Waals surface area contributed by atoms with E-state index in [1.165, 1.54) is 24.3 Å². The molecule has 1 aromatic heterocycles. The molecule has 0 aliphatic carbocycles. The number of aromatic hydroxyl groups is 1. The summed E-state index contributed by atoms with van der Waals surface area (Å²) in [5.74, 6) is -0.973. The minimum Gasteiger partial charge on any atom is -0.505 e. The molecule has 0 radical (unpaired) electrons. The van der Waals surface area contributed by atoms with E-state index < -0.39 is 17.6 Å². The molecule has 1 N–H and O–H groups in total. The van der Waals surface area contributed by atoms with Gasteiger partial charge < -0.3 is 5.11 Å². The minimum atomic E-state index is -4.74. The van der Waals surface area contributed by atoms with Crippen LogP contribution >= 0.6 is 23.2 Å². The average molecular weight is 308 g/mol. The molecule has 2 rings (SSSR count). The summed E-state index contributed by atoms with van der Waals surface area (Å²) in [6, 6.07) is 5.72. The summed E-state index contributed by atoms with van der Waals surface area (Å²) in [5.41, 5.74) is -1.23. The van der Waals surface area contributed by atoms with Crippen LogP contribution in [-0.4, -0.2) is 10.1 Å². The maximum absolute atomic E-state index is 12.6. The first-order valence-corrected chi connectivity index (χ1v) is 5.77. The molecule has 0 fully saturated rings. The SMILES string of the molecule is Oc1c(-c2cccc(Cl)c2Cl)ccnc1C(F)(F)F. The fourth-order valence-corrected chi connectivity index (χ4v) is 1.99. The number of aromatic nitrogens is 1. The van der Waals surface area contributed by atoms with Crippen molar-refractivity contribution in [3.05, 3.63) is 46.2 Å². The molecule has 19 heavy (non-hydrogen) atoms. The zero-order valence-electron chi connectivity index (χ0n) is 9.17.